The van der Waals surface area contributed by atoms with Gasteiger partial charge in [0.2, 0.25) is 0 Å². The summed E-state index contributed by atoms with van der Waals surface area (Å²) in [6.45, 7) is 4.51. The van der Waals surface area contributed by atoms with Crippen LogP contribution >= 0.6 is 0 Å². The SMILES string of the molecule is COc1c(CN)cc(C)c(C)c1OC. The second-order valence-electron chi connectivity index (χ2n) is 3.25. The number of methoxy groups -OCH3 is 2. The second-order valence-corrected chi connectivity index (χ2v) is 3.25. The molecule has 1 aromatic carbocycles. The van der Waals surface area contributed by atoms with Gasteiger partial charge in [0.15, 0.2) is 11.5 Å². The van der Waals surface area contributed by atoms with Crippen LogP contribution in [0.15, 0.2) is 6.07 Å². The molecule has 0 aromatic heterocycles. The minimum atomic E-state index is 0.459. The van der Waals surface area contributed by atoms with E-state index in [1.807, 2.05) is 19.9 Å². The average Bonchev–Trinajstić information content (AvgIpc) is 2.20. The third-order valence-electron chi connectivity index (χ3n) is 2.45. The van der Waals surface area contributed by atoms with Crippen LogP contribution in [0.5, 0.6) is 11.5 Å². The molecular formula is C11H17NO2. The Hall–Kier alpha value is -1.22. The first-order valence-electron chi connectivity index (χ1n) is 4.56. The maximum atomic E-state index is 5.63. The van der Waals surface area contributed by atoms with Gasteiger partial charge in [-0.3, -0.25) is 0 Å². The molecule has 0 fully saturated rings. The van der Waals surface area contributed by atoms with Gasteiger partial charge >= 0.3 is 0 Å². The molecule has 14 heavy (non-hydrogen) atoms. The lowest BCUT2D eigenvalue weighted by Gasteiger charge is -2.16. The molecule has 0 bridgehead atoms. The minimum absolute atomic E-state index is 0.459. The predicted molar refractivity (Wildman–Crippen MR) is 56.9 cm³/mol. The topological polar surface area (TPSA) is 44.5 Å². The molecule has 0 atom stereocenters. The van der Waals surface area contributed by atoms with Crippen LogP contribution in [0.3, 0.4) is 0 Å². The van der Waals surface area contributed by atoms with Crippen LogP contribution in [0.4, 0.5) is 0 Å². The summed E-state index contributed by atoms with van der Waals surface area (Å²) in [5, 5.41) is 0. The molecule has 0 heterocycles. The molecule has 0 amide bonds. The van der Waals surface area contributed by atoms with E-state index in [2.05, 4.69) is 0 Å². The van der Waals surface area contributed by atoms with Gasteiger partial charge in [-0.25, -0.2) is 0 Å². The van der Waals surface area contributed by atoms with Gasteiger partial charge in [0.1, 0.15) is 0 Å². The summed E-state index contributed by atoms with van der Waals surface area (Å²) in [6.07, 6.45) is 0. The second kappa shape index (κ2) is 4.33. The normalized spacial score (nSPS) is 10.1. The lowest BCUT2D eigenvalue weighted by atomic mass is 10.0. The smallest absolute Gasteiger partial charge is 0.165 e. The van der Waals surface area contributed by atoms with Crippen molar-refractivity contribution < 1.29 is 9.47 Å². The van der Waals surface area contributed by atoms with Crippen LogP contribution in [-0.2, 0) is 6.54 Å². The molecule has 2 N–H and O–H groups in total. The number of ether oxygens (including phenoxy) is 2. The first-order chi connectivity index (χ1) is 6.65. The Morgan fingerprint density at radius 1 is 1.14 bits per heavy atom. The highest BCUT2D eigenvalue weighted by atomic mass is 16.5. The van der Waals surface area contributed by atoms with E-state index < -0.39 is 0 Å². The molecule has 1 rings (SSSR count). The van der Waals surface area contributed by atoms with Crippen LogP contribution in [0.1, 0.15) is 16.7 Å². The summed E-state index contributed by atoms with van der Waals surface area (Å²) in [4.78, 5) is 0. The average molecular weight is 195 g/mol. The summed E-state index contributed by atoms with van der Waals surface area (Å²) >= 11 is 0. The molecule has 0 spiro atoms. The standard InChI is InChI=1S/C11H17NO2/c1-7-5-9(6-12)11(14-4)10(13-3)8(7)2/h5H,6,12H2,1-4H3. The lowest BCUT2D eigenvalue weighted by molar-refractivity contribution is 0.349. The van der Waals surface area contributed by atoms with Gasteiger partial charge < -0.3 is 15.2 Å². The summed E-state index contributed by atoms with van der Waals surface area (Å²) in [7, 11) is 3.27. The van der Waals surface area contributed by atoms with Gasteiger partial charge in [-0.15, -0.1) is 0 Å². The fourth-order valence-corrected chi connectivity index (χ4v) is 1.55. The quantitative estimate of drug-likeness (QED) is 0.799. The van der Waals surface area contributed by atoms with Gasteiger partial charge in [-0.05, 0) is 25.0 Å². The van der Waals surface area contributed by atoms with Gasteiger partial charge in [0.25, 0.3) is 0 Å². The highest BCUT2D eigenvalue weighted by Crippen LogP contribution is 2.36. The van der Waals surface area contributed by atoms with Gasteiger partial charge in [-0.2, -0.15) is 0 Å². The van der Waals surface area contributed by atoms with Crippen LogP contribution in [0.25, 0.3) is 0 Å². The number of aryl methyl sites for hydroxylation is 1. The maximum absolute atomic E-state index is 5.63. The van der Waals surface area contributed by atoms with E-state index in [-0.39, 0.29) is 0 Å². The molecule has 3 heteroatoms. The van der Waals surface area contributed by atoms with Crippen LogP contribution < -0.4 is 15.2 Å². The number of hydrogen-bond donors (Lipinski definition) is 1. The van der Waals surface area contributed by atoms with Crippen LogP contribution in [-0.4, -0.2) is 14.2 Å². The zero-order valence-corrected chi connectivity index (χ0v) is 9.18. The fraction of sp³-hybridized carbons (Fsp3) is 0.455. The van der Waals surface area contributed by atoms with Crippen molar-refractivity contribution in [2.75, 3.05) is 14.2 Å². The van der Waals surface area contributed by atoms with E-state index in [0.717, 1.165) is 22.6 Å². The summed E-state index contributed by atoms with van der Waals surface area (Å²) in [5.74, 6) is 1.53. The molecule has 0 unspecified atom stereocenters. The van der Waals surface area contributed by atoms with Gasteiger partial charge in [0, 0.05) is 12.1 Å². The summed E-state index contributed by atoms with van der Waals surface area (Å²) < 4.78 is 10.6. The summed E-state index contributed by atoms with van der Waals surface area (Å²) in [5.41, 5.74) is 8.88. The van der Waals surface area contributed by atoms with E-state index in [1.165, 1.54) is 5.56 Å². The molecule has 0 aliphatic rings. The van der Waals surface area contributed by atoms with Crippen molar-refractivity contribution in [3.63, 3.8) is 0 Å². The van der Waals surface area contributed by atoms with E-state index in [9.17, 15) is 0 Å². The third kappa shape index (κ3) is 1.68. The zero-order chi connectivity index (χ0) is 10.7. The molecule has 78 valence electrons. The first-order valence-corrected chi connectivity index (χ1v) is 4.56. The van der Waals surface area contributed by atoms with Crippen molar-refractivity contribution in [2.45, 2.75) is 20.4 Å². The van der Waals surface area contributed by atoms with Crippen molar-refractivity contribution in [1.29, 1.82) is 0 Å². The molecule has 0 saturated heterocycles. The number of benzene rings is 1. The lowest BCUT2D eigenvalue weighted by Crippen LogP contribution is -2.04. The van der Waals surface area contributed by atoms with Gasteiger partial charge in [-0.1, -0.05) is 6.07 Å². The van der Waals surface area contributed by atoms with Crippen molar-refractivity contribution in [3.05, 3.63) is 22.8 Å². The zero-order valence-electron chi connectivity index (χ0n) is 9.18. The number of hydrogen-bond acceptors (Lipinski definition) is 3. The summed E-state index contributed by atoms with van der Waals surface area (Å²) in [6, 6.07) is 2.04. The van der Waals surface area contributed by atoms with E-state index in [1.54, 1.807) is 14.2 Å². The predicted octanol–water partition coefficient (Wildman–Crippen LogP) is 1.78. The van der Waals surface area contributed by atoms with E-state index in [0.29, 0.717) is 6.54 Å². The Bertz CT molecular complexity index is 335. The number of rotatable bonds is 3. The molecule has 0 saturated carbocycles. The Balaban J connectivity index is 3.42. The van der Waals surface area contributed by atoms with Crippen molar-refractivity contribution in [3.8, 4) is 11.5 Å². The molecule has 1 aromatic rings. The number of nitrogens with two attached hydrogens (primary N) is 1. The Kier molecular flexibility index (Phi) is 3.36. The molecule has 0 aliphatic heterocycles. The van der Waals surface area contributed by atoms with Crippen LogP contribution in [0.2, 0.25) is 0 Å². The maximum Gasteiger partial charge on any atom is 0.165 e. The molecule has 3 nitrogen and oxygen atoms in total. The van der Waals surface area contributed by atoms with Crippen molar-refractivity contribution in [2.24, 2.45) is 5.73 Å². The highest BCUT2D eigenvalue weighted by Gasteiger charge is 2.13. The van der Waals surface area contributed by atoms with Crippen LogP contribution in [0, 0.1) is 13.8 Å². The Morgan fingerprint density at radius 3 is 2.14 bits per heavy atom. The van der Waals surface area contributed by atoms with E-state index >= 15 is 0 Å². The largest absolute Gasteiger partial charge is 0.493 e. The highest BCUT2D eigenvalue weighted by molar-refractivity contribution is 5.54. The minimum Gasteiger partial charge on any atom is -0.493 e. The Labute approximate surface area is 84.8 Å². The first kappa shape index (κ1) is 10.9. The fourth-order valence-electron chi connectivity index (χ4n) is 1.55. The Morgan fingerprint density at radius 2 is 1.71 bits per heavy atom. The monoisotopic (exact) mass is 195 g/mol. The molecular weight excluding hydrogens is 178 g/mol. The third-order valence-corrected chi connectivity index (χ3v) is 2.45. The van der Waals surface area contributed by atoms with Crippen molar-refractivity contribution >= 4 is 0 Å². The van der Waals surface area contributed by atoms with Crippen molar-refractivity contribution in [1.82, 2.24) is 0 Å². The molecule has 0 aliphatic carbocycles. The van der Waals surface area contributed by atoms with E-state index in [4.69, 9.17) is 15.2 Å². The van der Waals surface area contributed by atoms with Gasteiger partial charge in [0.05, 0.1) is 14.2 Å². The molecule has 0 radical (unpaired) electrons.